The molecule has 3 aromatic rings. The zero-order valence-electron chi connectivity index (χ0n) is 22.4. The summed E-state index contributed by atoms with van der Waals surface area (Å²) in [6.45, 7) is 7.20. The third kappa shape index (κ3) is 5.76. The number of carbonyl (C=O) groups is 2. The highest BCUT2D eigenvalue weighted by atomic mass is 32.2. The number of sulfonamides is 1. The second kappa shape index (κ2) is 11.3. The smallest absolute Gasteiger partial charge is 0.345 e. The van der Waals surface area contributed by atoms with E-state index in [-0.39, 0.29) is 18.0 Å². The predicted molar refractivity (Wildman–Crippen MR) is 146 cm³/mol. The average Bonchev–Trinajstić information content (AvgIpc) is 3.53. The van der Waals surface area contributed by atoms with Crippen LogP contribution in [0.3, 0.4) is 0 Å². The Balaban J connectivity index is 1.73. The van der Waals surface area contributed by atoms with Gasteiger partial charge in [0, 0.05) is 28.7 Å². The quantitative estimate of drug-likeness (QED) is 0.222. The molecule has 1 amide bonds. The van der Waals surface area contributed by atoms with E-state index in [1.165, 1.54) is 13.0 Å². The molecule has 1 aliphatic heterocycles. The minimum atomic E-state index is -4.44. The monoisotopic (exact) mass is 558 g/mol. The van der Waals surface area contributed by atoms with Crippen molar-refractivity contribution in [2.24, 2.45) is 0 Å². The highest BCUT2D eigenvalue weighted by Crippen LogP contribution is 2.32. The van der Waals surface area contributed by atoms with Gasteiger partial charge in [-0.3, -0.25) is 4.79 Å². The lowest BCUT2D eigenvalue weighted by Gasteiger charge is -2.39. The first-order chi connectivity index (χ1) is 18.5. The van der Waals surface area contributed by atoms with E-state index in [2.05, 4.69) is 25.5 Å². The number of carboxylic acids is 1. The number of fused-ring (bicyclic) bond motifs is 1. The van der Waals surface area contributed by atoms with E-state index in [9.17, 15) is 23.1 Å². The van der Waals surface area contributed by atoms with E-state index in [4.69, 9.17) is 4.84 Å². The molecule has 210 valence electrons. The molecule has 12 nitrogen and oxygen atoms in total. The van der Waals surface area contributed by atoms with Gasteiger partial charge in [0.25, 0.3) is 0 Å². The van der Waals surface area contributed by atoms with Crippen LogP contribution in [0, 0.1) is 13.8 Å². The SMILES string of the molecule is CCCCN(C(=O)C1CCON1)C(C)(NS(=O)(=O)c1ccc(Nc2nc(C)c(C)[nH]2)c2ccccc12)C(=O)O. The number of aliphatic carboxylic acids is 1. The fraction of sp³-hybridized carbons (Fsp3) is 0.423. The lowest BCUT2D eigenvalue weighted by molar-refractivity contribution is -0.160. The topological polar surface area (TPSA) is 166 Å². The number of carbonyl (C=O) groups excluding carboxylic acids is 1. The average molecular weight is 559 g/mol. The Kier molecular flexibility index (Phi) is 8.25. The van der Waals surface area contributed by atoms with Gasteiger partial charge < -0.3 is 25.1 Å². The zero-order valence-corrected chi connectivity index (χ0v) is 23.2. The van der Waals surface area contributed by atoms with Gasteiger partial charge in [0.2, 0.25) is 27.5 Å². The number of hydroxylamine groups is 1. The molecule has 5 N–H and O–H groups in total. The second-order valence-electron chi connectivity index (χ2n) is 9.71. The third-order valence-electron chi connectivity index (χ3n) is 6.88. The highest BCUT2D eigenvalue weighted by Gasteiger charge is 2.47. The zero-order chi connectivity index (χ0) is 28.4. The number of unbranched alkanes of at least 4 members (excludes halogenated alkanes) is 1. The van der Waals surface area contributed by atoms with Gasteiger partial charge in [0.1, 0.15) is 6.04 Å². The first-order valence-electron chi connectivity index (χ1n) is 12.8. The second-order valence-corrected chi connectivity index (χ2v) is 11.4. The summed E-state index contributed by atoms with van der Waals surface area (Å²) in [7, 11) is -4.44. The van der Waals surface area contributed by atoms with Gasteiger partial charge in [-0.15, -0.1) is 0 Å². The lowest BCUT2D eigenvalue weighted by Crippen LogP contribution is -2.67. The number of aromatic nitrogens is 2. The van der Waals surface area contributed by atoms with Crippen molar-refractivity contribution in [3.63, 3.8) is 0 Å². The normalized spacial score (nSPS) is 17.2. The van der Waals surface area contributed by atoms with Crippen LogP contribution in [0.2, 0.25) is 0 Å². The van der Waals surface area contributed by atoms with Crippen molar-refractivity contribution >= 4 is 44.3 Å². The standard InChI is InChI=1S/C26H34N6O6S/c1-5-6-14-32(23(33)21-13-15-38-30-21)26(4,24(34)35)31-39(36,37)22-12-11-20(18-9-7-8-10-19(18)22)29-25-27-16(2)17(3)28-25/h7-12,21,30-31H,5-6,13-15H2,1-4H3,(H,34,35)(H2,27,28,29). The fourth-order valence-corrected chi connectivity index (χ4v) is 6.05. The van der Waals surface area contributed by atoms with Crippen LogP contribution in [-0.2, 0) is 24.4 Å². The molecule has 1 aromatic heterocycles. The molecule has 0 aliphatic carbocycles. The van der Waals surface area contributed by atoms with E-state index < -0.39 is 33.6 Å². The van der Waals surface area contributed by atoms with Gasteiger partial charge >= 0.3 is 5.97 Å². The summed E-state index contributed by atoms with van der Waals surface area (Å²) in [5.41, 5.74) is 2.70. The summed E-state index contributed by atoms with van der Waals surface area (Å²) >= 11 is 0. The largest absolute Gasteiger partial charge is 0.478 e. The van der Waals surface area contributed by atoms with E-state index >= 15 is 0 Å². The Labute approximate surface area is 227 Å². The molecule has 0 radical (unpaired) electrons. The third-order valence-corrected chi connectivity index (χ3v) is 8.48. The Morgan fingerprint density at radius 2 is 1.92 bits per heavy atom. The van der Waals surface area contributed by atoms with Crippen LogP contribution >= 0.6 is 0 Å². The van der Waals surface area contributed by atoms with Crippen molar-refractivity contribution in [1.29, 1.82) is 0 Å². The summed E-state index contributed by atoms with van der Waals surface area (Å²) in [5, 5.41) is 14.4. The molecule has 1 saturated heterocycles. The minimum absolute atomic E-state index is 0.0461. The number of rotatable bonds is 11. The van der Waals surface area contributed by atoms with Crippen LogP contribution in [-0.4, -0.2) is 65.1 Å². The Morgan fingerprint density at radius 3 is 2.51 bits per heavy atom. The number of aromatic amines is 1. The number of hydrogen-bond acceptors (Lipinski definition) is 8. The maximum Gasteiger partial charge on any atom is 0.345 e. The fourth-order valence-electron chi connectivity index (χ4n) is 4.51. The van der Waals surface area contributed by atoms with Gasteiger partial charge in [-0.2, -0.15) is 10.2 Å². The lowest BCUT2D eigenvalue weighted by atomic mass is 10.1. The number of anilines is 2. The van der Waals surface area contributed by atoms with Gasteiger partial charge in [-0.1, -0.05) is 37.6 Å². The van der Waals surface area contributed by atoms with Crippen molar-refractivity contribution in [3.05, 3.63) is 47.8 Å². The van der Waals surface area contributed by atoms with E-state index in [1.807, 2.05) is 20.8 Å². The van der Waals surface area contributed by atoms with Crippen LogP contribution in [0.25, 0.3) is 10.8 Å². The minimum Gasteiger partial charge on any atom is -0.478 e. The van der Waals surface area contributed by atoms with Crippen LogP contribution in [0.5, 0.6) is 0 Å². The molecule has 13 heteroatoms. The molecular weight excluding hydrogens is 524 g/mol. The Hall–Kier alpha value is -3.52. The molecule has 2 aromatic carbocycles. The van der Waals surface area contributed by atoms with Crippen LogP contribution in [0.1, 0.15) is 44.5 Å². The molecule has 1 aliphatic rings. The molecule has 2 unspecified atom stereocenters. The van der Waals surface area contributed by atoms with Crippen molar-refractivity contribution < 1.29 is 28.0 Å². The van der Waals surface area contributed by atoms with Gasteiger partial charge in [-0.25, -0.2) is 18.2 Å². The van der Waals surface area contributed by atoms with Gasteiger partial charge in [0.05, 0.1) is 17.2 Å². The van der Waals surface area contributed by atoms with Gasteiger partial charge in [0.15, 0.2) is 0 Å². The van der Waals surface area contributed by atoms with Crippen molar-refractivity contribution in [1.82, 2.24) is 25.1 Å². The molecule has 39 heavy (non-hydrogen) atoms. The number of benzene rings is 2. The molecular formula is C26H34N6O6S. The number of carboxylic acid groups (broad SMARTS) is 1. The number of nitrogens with zero attached hydrogens (tertiary/aromatic N) is 2. The van der Waals surface area contributed by atoms with Crippen LogP contribution in [0.4, 0.5) is 11.6 Å². The van der Waals surface area contributed by atoms with E-state index in [0.29, 0.717) is 41.7 Å². The summed E-state index contributed by atoms with van der Waals surface area (Å²) in [4.78, 5) is 39.6. The maximum absolute atomic E-state index is 13.8. The van der Waals surface area contributed by atoms with Gasteiger partial charge in [-0.05, 0) is 45.7 Å². The summed E-state index contributed by atoms with van der Waals surface area (Å²) in [6, 6.07) is 9.12. The first-order valence-corrected chi connectivity index (χ1v) is 14.2. The Bertz CT molecular complexity index is 1460. The van der Waals surface area contributed by atoms with Crippen molar-refractivity contribution in [2.45, 2.75) is 63.6 Å². The van der Waals surface area contributed by atoms with Crippen molar-refractivity contribution in [3.8, 4) is 0 Å². The first kappa shape index (κ1) is 28.5. The van der Waals surface area contributed by atoms with Crippen LogP contribution < -0.4 is 15.5 Å². The summed E-state index contributed by atoms with van der Waals surface area (Å²) in [5.74, 6) is -1.54. The number of amides is 1. The number of imidazole rings is 1. The highest BCUT2D eigenvalue weighted by molar-refractivity contribution is 7.89. The number of H-pyrrole nitrogens is 1. The van der Waals surface area contributed by atoms with Crippen molar-refractivity contribution in [2.75, 3.05) is 18.5 Å². The molecule has 2 heterocycles. The Morgan fingerprint density at radius 1 is 1.21 bits per heavy atom. The number of aryl methyl sites for hydroxylation is 2. The summed E-state index contributed by atoms with van der Waals surface area (Å²) in [6.07, 6.45) is 1.51. The molecule has 2 atom stereocenters. The van der Waals surface area contributed by atoms with Crippen LogP contribution in [0.15, 0.2) is 41.3 Å². The maximum atomic E-state index is 13.8. The number of nitrogens with one attached hydrogen (secondary N) is 4. The molecule has 0 spiro atoms. The summed E-state index contributed by atoms with van der Waals surface area (Å²) < 4.78 is 30.0. The predicted octanol–water partition coefficient (Wildman–Crippen LogP) is 2.92. The molecule has 0 bridgehead atoms. The molecule has 4 rings (SSSR count). The van der Waals surface area contributed by atoms with E-state index in [1.54, 1.807) is 30.3 Å². The van der Waals surface area contributed by atoms with E-state index in [0.717, 1.165) is 16.3 Å². The molecule has 1 fully saturated rings. The molecule has 0 saturated carbocycles. The number of hydrogen-bond donors (Lipinski definition) is 5.